The summed E-state index contributed by atoms with van der Waals surface area (Å²) in [5, 5.41) is 10.5. The van der Waals surface area contributed by atoms with Crippen LogP contribution in [0.2, 0.25) is 0 Å². The van der Waals surface area contributed by atoms with E-state index in [2.05, 4.69) is 54.5 Å². The highest BCUT2D eigenvalue weighted by Gasteiger charge is 2.68. The first-order valence-corrected chi connectivity index (χ1v) is 13.9. The summed E-state index contributed by atoms with van der Waals surface area (Å²) >= 11 is 0. The Hall–Kier alpha value is -0.790. The van der Waals surface area contributed by atoms with Gasteiger partial charge >= 0.3 is 5.97 Å². The van der Waals surface area contributed by atoms with Crippen LogP contribution < -0.4 is 0 Å². The molecule has 0 heterocycles. The van der Waals surface area contributed by atoms with E-state index >= 15 is 0 Å². The first-order valence-electron chi connectivity index (χ1n) is 13.9. The van der Waals surface area contributed by atoms with E-state index in [4.69, 9.17) is 0 Å². The Bertz CT molecular complexity index is 829. The molecule has 0 radical (unpaired) electrons. The van der Waals surface area contributed by atoms with Gasteiger partial charge in [0.2, 0.25) is 0 Å². The molecule has 0 aromatic carbocycles. The molecule has 1 N–H and O–H groups in total. The van der Waals surface area contributed by atoms with Crippen molar-refractivity contribution < 1.29 is 9.90 Å². The van der Waals surface area contributed by atoms with Gasteiger partial charge in [-0.25, -0.2) is 0 Å². The third-order valence-electron chi connectivity index (χ3n) is 13.4. The Balaban J connectivity index is 1.60. The number of hydrogen-bond donors (Lipinski definition) is 1. The van der Waals surface area contributed by atoms with Gasteiger partial charge in [0.15, 0.2) is 0 Å². The smallest absolute Gasteiger partial charge is 0.310 e. The number of carbonyl (C=O) groups is 1. The van der Waals surface area contributed by atoms with Crippen LogP contribution >= 0.6 is 0 Å². The zero-order chi connectivity index (χ0) is 23.3. The summed E-state index contributed by atoms with van der Waals surface area (Å²) in [7, 11) is 0. The van der Waals surface area contributed by atoms with Crippen molar-refractivity contribution in [3.05, 3.63) is 11.6 Å². The maximum absolute atomic E-state index is 12.8. The lowest BCUT2D eigenvalue weighted by Crippen LogP contribution is -2.63. The fraction of sp³-hybridized carbons (Fsp3) is 0.900. The first-order chi connectivity index (χ1) is 14.9. The van der Waals surface area contributed by atoms with E-state index in [9.17, 15) is 9.90 Å². The molecule has 0 amide bonds. The number of aliphatic carboxylic acids is 1. The molecular weight excluding hydrogens is 392 g/mol. The lowest BCUT2D eigenvalue weighted by Gasteiger charge is -2.70. The SMILES string of the molecule is CC1CCC2(C)C(CCC3(C)C2CC=C2C4[C@@H](C)C(C)CC[C@]4(C(=O)O)CC[C@]23C)[C@H]1C. The van der Waals surface area contributed by atoms with Crippen molar-refractivity contribution in [2.24, 2.45) is 63.1 Å². The molecule has 0 bridgehead atoms. The molecule has 5 rings (SSSR count). The van der Waals surface area contributed by atoms with Gasteiger partial charge in [-0.1, -0.05) is 60.1 Å². The predicted molar refractivity (Wildman–Crippen MR) is 131 cm³/mol. The Labute approximate surface area is 197 Å². The lowest BCUT2D eigenvalue weighted by atomic mass is 9.34. The van der Waals surface area contributed by atoms with Crippen LogP contribution in [-0.4, -0.2) is 11.1 Å². The van der Waals surface area contributed by atoms with Crippen molar-refractivity contribution in [3.63, 3.8) is 0 Å². The number of carboxylic acids is 1. The second-order valence-electron chi connectivity index (χ2n) is 14.0. The fourth-order valence-corrected chi connectivity index (χ4v) is 10.7. The number of rotatable bonds is 1. The molecule has 180 valence electrons. The summed E-state index contributed by atoms with van der Waals surface area (Å²) in [6, 6.07) is 0. The maximum Gasteiger partial charge on any atom is 0.310 e. The summed E-state index contributed by atoms with van der Waals surface area (Å²) in [5.41, 5.74) is 1.95. The number of hydrogen-bond acceptors (Lipinski definition) is 1. The first kappa shape index (κ1) is 23.0. The standard InChI is InChI=1S/C30H48O2/c1-18-10-13-27(5)22(20(18)3)12-14-29(7)24(27)9-8-23-25-21(4)19(2)11-15-30(25,26(31)32)17-16-28(23,29)6/h8,18-22,24-25H,9-17H2,1-7H3,(H,31,32)/t18?,19?,20-,21-,22?,24?,25?,27?,28+,29?,30-/m0/s1. The molecule has 0 aliphatic heterocycles. The van der Waals surface area contributed by atoms with Gasteiger partial charge in [0.05, 0.1) is 5.41 Å². The molecule has 2 nitrogen and oxygen atoms in total. The molecule has 7 unspecified atom stereocenters. The van der Waals surface area contributed by atoms with Crippen LogP contribution in [0.25, 0.3) is 0 Å². The van der Waals surface area contributed by atoms with Crippen LogP contribution in [0.1, 0.15) is 106 Å². The zero-order valence-corrected chi connectivity index (χ0v) is 21.8. The average Bonchev–Trinajstić information content (AvgIpc) is 2.74. The van der Waals surface area contributed by atoms with Crippen molar-refractivity contribution in [2.45, 2.75) is 106 Å². The lowest BCUT2D eigenvalue weighted by molar-refractivity contribution is -0.184. The van der Waals surface area contributed by atoms with Crippen molar-refractivity contribution in [2.75, 3.05) is 0 Å². The van der Waals surface area contributed by atoms with Gasteiger partial charge in [-0.05, 0) is 115 Å². The van der Waals surface area contributed by atoms with Crippen LogP contribution in [0.15, 0.2) is 11.6 Å². The average molecular weight is 441 g/mol. The molecule has 4 fully saturated rings. The van der Waals surface area contributed by atoms with Crippen molar-refractivity contribution in [1.82, 2.24) is 0 Å². The third kappa shape index (κ3) is 2.62. The Morgan fingerprint density at radius 3 is 2.22 bits per heavy atom. The van der Waals surface area contributed by atoms with Crippen molar-refractivity contribution in [3.8, 4) is 0 Å². The number of allylic oxidation sites excluding steroid dienone is 2. The monoisotopic (exact) mass is 440 g/mol. The largest absolute Gasteiger partial charge is 0.481 e. The Morgan fingerprint density at radius 2 is 1.53 bits per heavy atom. The molecule has 0 spiro atoms. The summed E-state index contributed by atoms with van der Waals surface area (Å²) in [5.74, 6) is 4.10. The summed E-state index contributed by atoms with van der Waals surface area (Å²) in [4.78, 5) is 12.8. The van der Waals surface area contributed by atoms with Crippen molar-refractivity contribution >= 4 is 5.97 Å². The normalized spacial score (nSPS) is 57.3. The summed E-state index contributed by atoms with van der Waals surface area (Å²) < 4.78 is 0. The van der Waals surface area contributed by atoms with E-state index < -0.39 is 11.4 Å². The van der Waals surface area contributed by atoms with Gasteiger partial charge in [0, 0.05) is 0 Å². The molecule has 11 atom stereocenters. The van der Waals surface area contributed by atoms with Crippen molar-refractivity contribution in [1.29, 1.82) is 0 Å². The van der Waals surface area contributed by atoms with Crippen LogP contribution in [0.3, 0.4) is 0 Å². The molecule has 0 aromatic heterocycles. The minimum absolute atomic E-state index is 0.158. The molecular formula is C30H48O2. The second kappa shape index (κ2) is 7.11. The zero-order valence-electron chi connectivity index (χ0n) is 21.8. The van der Waals surface area contributed by atoms with E-state index in [-0.39, 0.29) is 11.3 Å². The Morgan fingerprint density at radius 1 is 0.875 bits per heavy atom. The summed E-state index contributed by atoms with van der Waals surface area (Å²) in [6.45, 7) is 17.6. The van der Waals surface area contributed by atoms with Gasteiger partial charge in [0.1, 0.15) is 0 Å². The van der Waals surface area contributed by atoms with Crippen LogP contribution in [0.5, 0.6) is 0 Å². The second-order valence-corrected chi connectivity index (χ2v) is 14.0. The minimum atomic E-state index is -0.518. The Kier molecular flexibility index (Phi) is 5.10. The van der Waals surface area contributed by atoms with Gasteiger partial charge in [0.25, 0.3) is 0 Å². The van der Waals surface area contributed by atoms with E-state index in [1.807, 2.05) is 0 Å². The number of carboxylic acid groups (broad SMARTS) is 1. The summed E-state index contributed by atoms with van der Waals surface area (Å²) in [6.07, 6.45) is 13.2. The van der Waals surface area contributed by atoms with Gasteiger partial charge < -0.3 is 5.11 Å². The van der Waals surface area contributed by atoms with Crippen LogP contribution in [0, 0.1) is 63.1 Å². The third-order valence-corrected chi connectivity index (χ3v) is 13.4. The molecule has 5 aliphatic carbocycles. The van der Waals surface area contributed by atoms with E-state index in [1.54, 1.807) is 5.57 Å². The van der Waals surface area contributed by atoms with E-state index in [0.29, 0.717) is 22.7 Å². The fourth-order valence-electron chi connectivity index (χ4n) is 10.7. The predicted octanol–water partition coefficient (Wildman–Crippen LogP) is 7.97. The van der Waals surface area contributed by atoms with Crippen LogP contribution in [0.4, 0.5) is 0 Å². The minimum Gasteiger partial charge on any atom is -0.481 e. The van der Waals surface area contributed by atoms with Gasteiger partial charge in [-0.15, -0.1) is 0 Å². The quantitative estimate of drug-likeness (QED) is 0.420. The number of fused-ring (bicyclic) bond motifs is 7. The van der Waals surface area contributed by atoms with Crippen LogP contribution in [-0.2, 0) is 4.79 Å². The van der Waals surface area contributed by atoms with Gasteiger partial charge in [-0.3, -0.25) is 4.79 Å². The van der Waals surface area contributed by atoms with Gasteiger partial charge in [-0.2, -0.15) is 0 Å². The highest BCUT2D eigenvalue weighted by atomic mass is 16.4. The molecule has 2 heteroatoms. The maximum atomic E-state index is 12.8. The highest BCUT2D eigenvalue weighted by molar-refractivity contribution is 5.76. The highest BCUT2D eigenvalue weighted by Crippen LogP contribution is 2.75. The van der Waals surface area contributed by atoms with E-state index in [1.165, 1.54) is 32.1 Å². The molecule has 4 saturated carbocycles. The molecule has 32 heavy (non-hydrogen) atoms. The molecule has 0 saturated heterocycles. The molecule has 5 aliphatic rings. The topological polar surface area (TPSA) is 37.3 Å². The molecule has 0 aromatic rings. The van der Waals surface area contributed by atoms with E-state index in [0.717, 1.165) is 49.4 Å².